The maximum absolute atomic E-state index is 11.9. The first-order chi connectivity index (χ1) is 23.8. The molecule has 2 aromatic heterocycles. The van der Waals surface area contributed by atoms with Gasteiger partial charge in [-0.2, -0.15) is 0 Å². The van der Waals surface area contributed by atoms with Crippen LogP contribution in [0.2, 0.25) is 0 Å². The number of pyridine rings is 2. The molecule has 0 unspecified atom stereocenters. The van der Waals surface area contributed by atoms with Crippen molar-refractivity contribution in [3.63, 3.8) is 0 Å². The molecule has 0 fully saturated rings. The number of carbonyl (C=O) groups excluding carboxylic acids is 1. The van der Waals surface area contributed by atoms with Gasteiger partial charge in [0.15, 0.2) is 13.2 Å². The van der Waals surface area contributed by atoms with Gasteiger partial charge in [0.05, 0.1) is 36.8 Å². The molecule has 1 radical (unpaired) electrons. The fraction of sp³-hybridized carbons (Fsp3) is 0.167. The van der Waals surface area contributed by atoms with Gasteiger partial charge in [-0.25, -0.2) is 0 Å². The second-order valence-electron chi connectivity index (χ2n) is 8.30. The Hall–Kier alpha value is -5.48. The smallest absolute Gasteiger partial charge is 0.870 e. The predicted octanol–water partition coefficient (Wildman–Crippen LogP) is 1.67. The van der Waals surface area contributed by atoms with Crippen molar-refractivity contribution in [2.24, 2.45) is 10.3 Å². The Morgan fingerprint density at radius 2 is 0.981 bits per heavy atom. The van der Waals surface area contributed by atoms with Crippen molar-refractivity contribution >= 4 is 18.4 Å². The van der Waals surface area contributed by atoms with Crippen LogP contribution in [0.3, 0.4) is 0 Å². The third-order valence-corrected chi connectivity index (χ3v) is 4.95. The van der Waals surface area contributed by atoms with Crippen LogP contribution in [-0.4, -0.2) is 66.0 Å². The van der Waals surface area contributed by atoms with E-state index >= 15 is 0 Å². The third kappa shape index (κ3) is 25.5. The van der Waals surface area contributed by atoms with E-state index in [1.807, 2.05) is 24.3 Å². The summed E-state index contributed by atoms with van der Waals surface area (Å²) in [7, 11) is 2.85. The maximum Gasteiger partial charge on any atom is 3.00 e. The number of methoxy groups -OCH3 is 2. The summed E-state index contributed by atoms with van der Waals surface area (Å²) >= 11 is 0. The van der Waals surface area contributed by atoms with E-state index in [1.165, 1.54) is 37.8 Å². The van der Waals surface area contributed by atoms with Crippen LogP contribution in [0.5, 0.6) is 23.0 Å². The molecule has 0 aliphatic rings. The number of ether oxygens (including phenoxy) is 2. The molecule has 22 heteroatoms. The van der Waals surface area contributed by atoms with Crippen molar-refractivity contribution in [1.82, 2.24) is 9.97 Å². The number of hydrogen-bond donors (Lipinski definition) is 0. The van der Waals surface area contributed by atoms with Gasteiger partial charge >= 0.3 is 54.7 Å². The molecule has 4 aromatic rings. The molecule has 0 amide bonds. The van der Waals surface area contributed by atoms with Crippen molar-refractivity contribution in [2.45, 2.75) is 6.92 Å². The fourth-order valence-corrected chi connectivity index (χ4v) is 3.05. The summed E-state index contributed by atoms with van der Waals surface area (Å²) in [6, 6.07) is 17.6. The number of aromatic nitrogens is 2. The third-order valence-electron chi connectivity index (χ3n) is 4.95. The number of carboxylic acids is 1. The van der Waals surface area contributed by atoms with Gasteiger partial charge in [0.1, 0.15) is 11.5 Å². The summed E-state index contributed by atoms with van der Waals surface area (Å²) in [6.45, 7) is 1.21. The zero-order valence-corrected chi connectivity index (χ0v) is 30.2. The molecule has 0 atom stereocenters. The first-order valence-electron chi connectivity index (χ1n) is 13.4. The number of benzene rings is 2. The first-order valence-corrected chi connectivity index (χ1v) is 13.4. The zero-order chi connectivity index (χ0) is 37.7. The maximum atomic E-state index is 11.9. The summed E-state index contributed by atoms with van der Waals surface area (Å²) in [5.74, 6) is -1.14. The number of carbonyl (C=O) groups is 1. The van der Waals surface area contributed by atoms with Gasteiger partial charge in [0.25, 0.3) is 0 Å². The number of oxime groups is 2. The summed E-state index contributed by atoms with van der Waals surface area (Å²) < 4.78 is 9.87. The summed E-state index contributed by atoms with van der Waals surface area (Å²) in [4.78, 5) is 43.3. The number of hydrogen-bond acceptors (Lipinski definition) is 18. The van der Waals surface area contributed by atoms with Gasteiger partial charge in [0.2, 0.25) is 0 Å². The van der Waals surface area contributed by atoms with E-state index in [9.17, 15) is 10.2 Å². The number of carboxylic acid groups (broad SMARTS) is 1. The molecule has 0 aliphatic carbocycles. The Bertz CT molecular complexity index is 1500. The van der Waals surface area contributed by atoms with Crippen molar-refractivity contribution in [1.29, 1.82) is 0 Å². The van der Waals surface area contributed by atoms with Crippen LogP contribution in [-0.2, 0) is 31.0 Å². The van der Waals surface area contributed by atoms with E-state index in [0.717, 1.165) is 6.92 Å². The Balaban J connectivity index is -0.000000760. The Labute approximate surface area is 336 Å². The molecule has 20 nitrogen and oxygen atoms in total. The molecule has 0 saturated carbocycles. The average molecular weight is 919 g/mol. The Morgan fingerprint density at radius 3 is 1.25 bits per heavy atom. The molecule has 4 rings (SSSR count). The molecule has 2 aromatic carbocycles. The second-order valence-corrected chi connectivity index (χ2v) is 8.30. The van der Waals surface area contributed by atoms with Crippen LogP contribution in [0, 0.1) is 68.8 Å². The van der Waals surface area contributed by atoms with Crippen molar-refractivity contribution < 1.29 is 104 Å². The van der Waals surface area contributed by atoms with Crippen LogP contribution in [0.15, 0.2) is 95.8 Å². The van der Waals surface area contributed by atoms with Gasteiger partial charge in [-0.1, -0.05) is 46.1 Å². The molecule has 0 spiro atoms. The molecule has 0 N–H and O–H groups in total. The van der Waals surface area contributed by atoms with E-state index < -0.39 is 16.1 Å². The molecule has 2 heterocycles. The molecule has 283 valence electrons. The fourth-order valence-electron chi connectivity index (χ4n) is 3.05. The molecule has 0 aliphatic heterocycles. The molecule has 0 saturated heterocycles. The summed E-state index contributed by atoms with van der Waals surface area (Å²) in [5, 5.41) is 69.5. The van der Waals surface area contributed by atoms with Gasteiger partial charge in [-0.05, 0) is 65.6 Å². The van der Waals surface area contributed by atoms with Crippen molar-refractivity contribution in [3.05, 3.63) is 127 Å². The standard InChI is InChI=1S/C18H20N2O6.C10H8N2.C2H4O2.Dy.2NO3.Ni/c1-23-15-7-3-5-13(17(15)21)11-19-25-9-10-26-20-12-14-6-4-8-16(24-2)18(14)22;1-5-11-6-2-9(1)10-3-7-12-8-4-10;1-2(3)4;;2*2-1(3)4;/h3-8,11-12,21-22H,9-10H2,1-2H3;1-8H;1H3,(H,3,4);;;;/q;;;+3;2*-1;+2/p-3/b19-11+,20-12+;;;;;;. The van der Waals surface area contributed by atoms with E-state index in [4.69, 9.17) is 59.7 Å². The van der Waals surface area contributed by atoms with Crippen molar-refractivity contribution in [3.8, 4) is 34.1 Å². The topological polar surface area (TPSA) is 306 Å². The SMILES string of the molecule is CC(=O)[O-].COc1cccc(/C=N/OCCO/N=C/c2cccc(OC)c2[O-])c1[O-].O=[N+]([O-])[O-].O=[N+]([O-])[O-].[Dy+3].[Ni+2].c1cc(-c2ccncc2)ccn1. The number of nitrogens with zero attached hydrogens (tertiary/aromatic N) is 6. The van der Waals surface area contributed by atoms with E-state index in [-0.39, 0.29) is 90.9 Å². The van der Waals surface area contributed by atoms with Gasteiger partial charge in [-0.15, -0.1) is 0 Å². The van der Waals surface area contributed by atoms with Crippen molar-refractivity contribution in [2.75, 3.05) is 27.4 Å². The summed E-state index contributed by atoms with van der Waals surface area (Å²) in [6.07, 6.45) is 9.75. The minimum Gasteiger partial charge on any atom is -0.870 e. The number of rotatable bonds is 10. The van der Waals surface area contributed by atoms with Crippen LogP contribution >= 0.6 is 0 Å². The first kappa shape index (κ1) is 50.9. The van der Waals surface area contributed by atoms with E-state index in [2.05, 4.69) is 20.3 Å². The van der Waals surface area contributed by atoms with Gasteiger partial charge < -0.3 is 69.9 Å². The van der Waals surface area contributed by atoms with Gasteiger partial charge in [0, 0.05) is 30.8 Å². The van der Waals surface area contributed by atoms with Crippen LogP contribution in [0.1, 0.15) is 18.1 Å². The summed E-state index contributed by atoms with van der Waals surface area (Å²) in [5.41, 5.74) is 3.05. The van der Waals surface area contributed by atoms with Crippen LogP contribution < -0.4 is 24.8 Å². The van der Waals surface area contributed by atoms with Crippen LogP contribution in [0.4, 0.5) is 0 Å². The number of para-hydroxylation sites is 2. The molecular formula is C30H29DyN6NiO14. The molecule has 0 bridgehead atoms. The predicted molar refractivity (Wildman–Crippen MR) is 171 cm³/mol. The minimum atomic E-state index is -1.75. The monoisotopic (exact) mass is 919 g/mol. The zero-order valence-electron chi connectivity index (χ0n) is 27.2. The second kappa shape index (κ2) is 31.5. The molecular weight excluding hydrogens is 890 g/mol. The normalized spacial score (nSPS) is 9.13. The van der Waals surface area contributed by atoms with E-state index in [1.54, 1.807) is 61.2 Å². The largest absolute Gasteiger partial charge is 3.00 e. The minimum absolute atomic E-state index is 0. The van der Waals surface area contributed by atoms with Crippen LogP contribution in [0.25, 0.3) is 11.1 Å². The van der Waals surface area contributed by atoms with E-state index in [0.29, 0.717) is 11.1 Å². The Kier molecular flexibility index (Phi) is 30.8. The molecule has 52 heavy (non-hydrogen) atoms. The number of aliphatic carboxylic acids is 1. The quantitative estimate of drug-likeness (QED) is 0.0718. The van der Waals surface area contributed by atoms with Gasteiger partial charge in [-0.3, -0.25) is 9.97 Å². The average Bonchev–Trinajstić information content (AvgIpc) is 3.07. The Morgan fingerprint density at radius 1 is 0.692 bits per heavy atom.